The fourth-order valence-electron chi connectivity index (χ4n) is 4.49. The van der Waals surface area contributed by atoms with Crippen molar-refractivity contribution in [1.82, 2.24) is 4.57 Å². The van der Waals surface area contributed by atoms with Gasteiger partial charge in [-0.05, 0) is 54.5 Å². The number of benzene rings is 3. The van der Waals surface area contributed by atoms with Gasteiger partial charge < -0.3 is 9.47 Å². The molecule has 2 heterocycles. The summed E-state index contributed by atoms with van der Waals surface area (Å²) >= 11 is 4.76. The van der Waals surface area contributed by atoms with Crippen LogP contribution in [0.3, 0.4) is 0 Å². The van der Waals surface area contributed by atoms with Gasteiger partial charge in [0, 0.05) is 10.0 Å². The van der Waals surface area contributed by atoms with Gasteiger partial charge in [0.2, 0.25) is 0 Å². The number of rotatable bonds is 5. The van der Waals surface area contributed by atoms with Gasteiger partial charge in [-0.1, -0.05) is 69.7 Å². The predicted octanol–water partition coefficient (Wildman–Crippen LogP) is 4.72. The average molecular weight is 563 g/mol. The summed E-state index contributed by atoms with van der Waals surface area (Å²) in [6.45, 7) is 3.77. The Morgan fingerprint density at radius 1 is 1.14 bits per heavy atom. The Hall–Kier alpha value is -3.49. The van der Waals surface area contributed by atoms with Crippen LogP contribution in [0.15, 0.2) is 86.2 Å². The molecule has 182 valence electrons. The van der Waals surface area contributed by atoms with Gasteiger partial charge in [0.05, 0.1) is 35.6 Å². The molecule has 0 spiro atoms. The number of allylic oxidation sites excluding steroid dienone is 1. The number of halogens is 1. The smallest absolute Gasteiger partial charge is 0.338 e. The normalized spacial score (nSPS) is 15.6. The number of methoxy groups -OCH3 is 1. The molecule has 1 unspecified atom stereocenters. The van der Waals surface area contributed by atoms with Crippen LogP contribution in [0.2, 0.25) is 0 Å². The number of ether oxygens (including phenoxy) is 2. The molecule has 0 radical (unpaired) electrons. The SMILES string of the molecule is CCOC(=O)C1=C(C)N=c2sc(=Cc3c(OC)ccc4ccccc34)c(=O)n2C1c1ccc(Br)cc1. The number of hydrogen-bond donors (Lipinski definition) is 0. The third-order valence-corrected chi connectivity index (χ3v) is 7.64. The van der Waals surface area contributed by atoms with Gasteiger partial charge in [-0.15, -0.1) is 0 Å². The highest BCUT2D eigenvalue weighted by molar-refractivity contribution is 9.10. The number of carbonyl (C=O) groups excluding carboxylic acids is 1. The van der Waals surface area contributed by atoms with Crippen molar-refractivity contribution in [3.63, 3.8) is 0 Å². The van der Waals surface area contributed by atoms with Crippen LogP contribution in [-0.2, 0) is 9.53 Å². The molecule has 0 bridgehead atoms. The lowest BCUT2D eigenvalue weighted by Gasteiger charge is -2.24. The second-order valence-corrected chi connectivity index (χ2v) is 10.2. The summed E-state index contributed by atoms with van der Waals surface area (Å²) in [5.41, 5.74) is 2.29. The molecular weight excluding hydrogens is 540 g/mol. The first-order chi connectivity index (χ1) is 17.4. The molecule has 0 saturated carbocycles. The van der Waals surface area contributed by atoms with E-state index in [-0.39, 0.29) is 12.2 Å². The predicted molar refractivity (Wildman–Crippen MR) is 145 cm³/mol. The fourth-order valence-corrected chi connectivity index (χ4v) is 5.78. The van der Waals surface area contributed by atoms with E-state index in [0.29, 0.717) is 26.4 Å². The molecule has 1 aliphatic heterocycles. The molecule has 0 saturated heterocycles. The Labute approximate surface area is 220 Å². The monoisotopic (exact) mass is 562 g/mol. The van der Waals surface area contributed by atoms with Gasteiger partial charge >= 0.3 is 5.97 Å². The third-order valence-electron chi connectivity index (χ3n) is 6.13. The van der Waals surface area contributed by atoms with Crippen LogP contribution >= 0.6 is 27.3 Å². The van der Waals surface area contributed by atoms with Gasteiger partial charge in [-0.2, -0.15) is 0 Å². The zero-order chi connectivity index (χ0) is 25.4. The number of hydrogen-bond acceptors (Lipinski definition) is 6. The van der Waals surface area contributed by atoms with E-state index in [1.54, 1.807) is 25.5 Å². The van der Waals surface area contributed by atoms with E-state index in [0.717, 1.165) is 26.4 Å². The minimum atomic E-state index is -0.648. The maximum atomic E-state index is 13.9. The molecule has 4 aromatic rings. The molecule has 0 aliphatic carbocycles. The lowest BCUT2D eigenvalue weighted by Crippen LogP contribution is -2.39. The van der Waals surface area contributed by atoms with E-state index in [2.05, 4.69) is 20.9 Å². The van der Waals surface area contributed by atoms with E-state index >= 15 is 0 Å². The number of nitrogens with zero attached hydrogens (tertiary/aromatic N) is 2. The molecule has 1 atom stereocenters. The minimum absolute atomic E-state index is 0.226. The van der Waals surface area contributed by atoms with Crippen LogP contribution < -0.4 is 19.6 Å². The average Bonchev–Trinajstić information content (AvgIpc) is 3.18. The molecule has 6 nitrogen and oxygen atoms in total. The van der Waals surface area contributed by atoms with Crippen LogP contribution in [0.4, 0.5) is 0 Å². The van der Waals surface area contributed by atoms with Gasteiger partial charge in [-0.25, -0.2) is 9.79 Å². The summed E-state index contributed by atoms with van der Waals surface area (Å²) in [6.07, 6.45) is 1.85. The molecule has 8 heteroatoms. The first-order valence-electron chi connectivity index (χ1n) is 11.4. The van der Waals surface area contributed by atoms with Crippen LogP contribution in [0, 0.1) is 0 Å². The molecule has 0 N–H and O–H groups in total. The molecule has 0 fully saturated rings. The summed E-state index contributed by atoms with van der Waals surface area (Å²) in [6, 6.07) is 18.8. The second kappa shape index (κ2) is 9.87. The van der Waals surface area contributed by atoms with Crippen LogP contribution in [-0.4, -0.2) is 24.3 Å². The number of aromatic nitrogens is 1. The Morgan fingerprint density at radius 3 is 2.61 bits per heavy atom. The first-order valence-corrected chi connectivity index (χ1v) is 13.0. The summed E-state index contributed by atoms with van der Waals surface area (Å²) < 4.78 is 14.0. The van der Waals surface area contributed by atoms with Crippen molar-refractivity contribution in [2.75, 3.05) is 13.7 Å². The largest absolute Gasteiger partial charge is 0.496 e. The second-order valence-electron chi connectivity index (χ2n) is 8.26. The maximum Gasteiger partial charge on any atom is 0.338 e. The van der Waals surface area contributed by atoms with E-state index in [1.807, 2.05) is 66.7 Å². The van der Waals surface area contributed by atoms with Gasteiger partial charge in [0.25, 0.3) is 5.56 Å². The highest BCUT2D eigenvalue weighted by Crippen LogP contribution is 2.32. The van der Waals surface area contributed by atoms with Gasteiger partial charge in [-0.3, -0.25) is 9.36 Å². The summed E-state index contributed by atoms with van der Waals surface area (Å²) in [5, 5.41) is 2.03. The minimum Gasteiger partial charge on any atom is -0.496 e. The first kappa shape index (κ1) is 24.2. The van der Waals surface area contributed by atoms with Crippen molar-refractivity contribution in [3.05, 3.63) is 107 Å². The third kappa shape index (κ3) is 4.20. The Bertz CT molecular complexity index is 1700. The van der Waals surface area contributed by atoms with E-state index in [4.69, 9.17) is 9.47 Å². The summed E-state index contributed by atoms with van der Waals surface area (Å²) in [5.74, 6) is 0.198. The maximum absolute atomic E-state index is 13.9. The van der Waals surface area contributed by atoms with Crippen molar-refractivity contribution in [3.8, 4) is 5.75 Å². The van der Waals surface area contributed by atoms with Crippen molar-refractivity contribution in [2.45, 2.75) is 19.9 Å². The number of fused-ring (bicyclic) bond motifs is 2. The summed E-state index contributed by atoms with van der Waals surface area (Å²) in [7, 11) is 1.62. The van der Waals surface area contributed by atoms with Crippen LogP contribution in [0.1, 0.15) is 31.0 Å². The zero-order valence-corrected chi connectivity index (χ0v) is 22.4. The van der Waals surface area contributed by atoms with Gasteiger partial charge in [0.15, 0.2) is 4.80 Å². The Balaban J connectivity index is 1.78. The Kier molecular flexibility index (Phi) is 6.64. The standard InChI is InChI=1S/C28H23BrN2O4S/c1-4-35-27(33)24-16(2)30-28-31(25(24)18-9-12-19(29)13-10-18)26(32)23(36-28)15-21-20-8-6-5-7-17(20)11-14-22(21)34-3/h5-15,25H,4H2,1-3H3. The highest BCUT2D eigenvalue weighted by Gasteiger charge is 2.33. The van der Waals surface area contributed by atoms with Crippen molar-refractivity contribution >= 4 is 50.1 Å². The van der Waals surface area contributed by atoms with Crippen molar-refractivity contribution in [2.24, 2.45) is 4.99 Å². The zero-order valence-electron chi connectivity index (χ0n) is 19.9. The highest BCUT2D eigenvalue weighted by atomic mass is 79.9. The number of carbonyl (C=O) groups is 1. The fraction of sp³-hybridized carbons (Fsp3) is 0.179. The van der Waals surface area contributed by atoms with E-state index < -0.39 is 12.0 Å². The molecule has 1 aliphatic rings. The molecule has 36 heavy (non-hydrogen) atoms. The summed E-state index contributed by atoms with van der Waals surface area (Å²) in [4.78, 5) is 32.1. The quantitative estimate of drug-likeness (QED) is 0.330. The molecule has 1 aromatic heterocycles. The molecule has 5 rings (SSSR count). The van der Waals surface area contributed by atoms with Crippen LogP contribution in [0.25, 0.3) is 16.8 Å². The lowest BCUT2D eigenvalue weighted by atomic mass is 9.96. The van der Waals surface area contributed by atoms with Crippen LogP contribution in [0.5, 0.6) is 5.75 Å². The lowest BCUT2D eigenvalue weighted by molar-refractivity contribution is -0.139. The molecule has 0 amide bonds. The van der Waals surface area contributed by atoms with Crippen molar-refractivity contribution in [1.29, 1.82) is 0 Å². The molecular formula is C28H23BrN2O4S. The topological polar surface area (TPSA) is 69.9 Å². The van der Waals surface area contributed by atoms with Crippen molar-refractivity contribution < 1.29 is 14.3 Å². The number of thiazole rings is 1. The van der Waals surface area contributed by atoms with E-state index in [9.17, 15) is 9.59 Å². The van der Waals surface area contributed by atoms with E-state index in [1.165, 1.54) is 11.3 Å². The van der Waals surface area contributed by atoms with Gasteiger partial charge in [0.1, 0.15) is 5.75 Å². The molecule has 3 aromatic carbocycles. The Morgan fingerprint density at radius 2 is 1.89 bits per heavy atom. The number of esters is 1.